The van der Waals surface area contributed by atoms with Crippen LogP contribution in [0.5, 0.6) is 11.5 Å². The monoisotopic (exact) mass is 282 g/mol. The first-order valence-electron chi connectivity index (χ1n) is 6.58. The molecule has 0 spiro atoms. The largest absolute Gasteiger partial charge is 0.493 e. The molecule has 6 heteroatoms. The van der Waals surface area contributed by atoms with E-state index in [2.05, 4.69) is 10.6 Å². The van der Waals surface area contributed by atoms with E-state index in [1.807, 2.05) is 0 Å². The number of nitrogens with one attached hydrogen (secondary N) is 2. The summed E-state index contributed by atoms with van der Waals surface area (Å²) in [6.07, 6.45) is 2.12. The molecule has 110 valence electrons. The molecular weight excluding hydrogens is 263 g/mol. The second-order valence-corrected chi connectivity index (χ2v) is 4.69. The van der Waals surface area contributed by atoms with E-state index in [9.17, 15) is 9.18 Å². The minimum Gasteiger partial charge on any atom is -0.493 e. The molecule has 1 fully saturated rings. The van der Waals surface area contributed by atoms with Crippen molar-refractivity contribution in [1.82, 2.24) is 10.6 Å². The summed E-state index contributed by atoms with van der Waals surface area (Å²) in [5.41, 5.74) is -0.0411. The van der Waals surface area contributed by atoms with Crippen molar-refractivity contribution in [2.45, 2.75) is 18.9 Å². The van der Waals surface area contributed by atoms with Crippen molar-refractivity contribution in [3.8, 4) is 11.5 Å². The van der Waals surface area contributed by atoms with Gasteiger partial charge in [-0.15, -0.1) is 0 Å². The highest BCUT2D eigenvalue weighted by Crippen LogP contribution is 2.29. The van der Waals surface area contributed by atoms with Gasteiger partial charge in [0.05, 0.1) is 19.8 Å². The van der Waals surface area contributed by atoms with Crippen LogP contribution in [0.1, 0.15) is 23.2 Å². The first kappa shape index (κ1) is 14.6. The van der Waals surface area contributed by atoms with Gasteiger partial charge in [-0.1, -0.05) is 0 Å². The Kier molecular flexibility index (Phi) is 4.79. The maximum atomic E-state index is 13.9. The number of halogens is 1. The number of hydrogen-bond acceptors (Lipinski definition) is 4. The van der Waals surface area contributed by atoms with Crippen LogP contribution in [-0.4, -0.2) is 39.3 Å². The summed E-state index contributed by atoms with van der Waals surface area (Å²) in [6.45, 7) is 1.46. The molecule has 5 nitrogen and oxygen atoms in total. The topological polar surface area (TPSA) is 59.6 Å². The molecule has 1 aromatic rings. The van der Waals surface area contributed by atoms with E-state index in [1.165, 1.54) is 20.3 Å². The first-order valence-corrected chi connectivity index (χ1v) is 6.58. The third kappa shape index (κ3) is 3.19. The van der Waals surface area contributed by atoms with Crippen LogP contribution in [0.2, 0.25) is 0 Å². The molecule has 1 heterocycles. The standard InChI is InChI=1S/C14H19FN2O3/c1-19-12-6-10(11(15)7-13(12)20-2)14(18)17-8-9-4-3-5-16-9/h6-7,9,16H,3-5,8H2,1-2H3,(H,17,18). The van der Waals surface area contributed by atoms with Gasteiger partial charge in [0.25, 0.3) is 5.91 Å². The molecule has 2 rings (SSSR count). The van der Waals surface area contributed by atoms with Crippen molar-refractivity contribution in [3.63, 3.8) is 0 Å². The Balaban J connectivity index is 2.08. The molecule has 1 atom stereocenters. The van der Waals surface area contributed by atoms with Crippen molar-refractivity contribution >= 4 is 5.91 Å². The summed E-state index contributed by atoms with van der Waals surface area (Å²) in [7, 11) is 2.86. The fourth-order valence-corrected chi connectivity index (χ4v) is 2.27. The quantitative estimate of drug-likeness (QED) is 0.855. The van der Waals surface area contributed by atoms with Gasteiger partial charge >= 0.3 is 0 Å². The molecule has 1 unspecified atom stereocenters. The summed E-state index contributed by atoms with van der Waals surface area (Å²) in [5.74, 6) is -0.478. The zero-order valence-electron chi connectivity index (χ0n) is 11.7. The minimum atomic E-state index is -0.625. The summed E-state index contributed by atoms with van der Waals surface area (Å²) in [4.78, 5) is 12.0. The predicted octanol–water partition coefficient (Wildman–Crippen LogP) is 1.32. The van der Waals surface area contributed by atoms with Crippen molar-refractivity contribution in [1.29, 1.82) is 0 Å². The molecule has 0 aliphatic carbocycles. The number of hydrogen-bond donors (Lipinski definition) is 2. The van der Waals surface area contributed by atoms with Crippen molar-refractivity contribution in [3.05, 3.63) is 23.5 Å². The van der Waals surface area contributed by atoms with E-state index in [0.717, 1.165) is 25.5 Å². The van der Waals surface area contributed by atoms with Crippen LogP contribution in [0.3, 0.4) is 0 Å². The van der Waals surface area contributed by atoms with Gasteiger partial charge in [-0.05, 0) is 25.5 Å². The number of methoxy groups -OCH3 is 2. The van der Waals surface area contributed by atoms with Gasteiger partial charge in [0.1, 0.15) is 5.82 Å². The molecule has 1 aliphatic heterocycles. The van der Waals surface area contributed by atoms with E-state index in [0.29, 0.717) is 12.3 Å². The molecule has 0 saturated carbocycles. The summed E-state index contributed by atoms with van der Waals surface area (Å²) < 4.78 is 24.0. The van der Waals surface area contributed by atoms with Gasteiger partial charge in [0, 0.05) is 18.7 Å². The lowest BCUT2D eigenvalue weighted by molar-refractivity contribution is 0.0946. The van der Waals surface area contributed by atoms with Crippen LogP contribution >= 0.6 is 0 Å². The van der Waals surface area contributed by atoms with E-state index < -0.39 is 11.7 Å². The minimum absolute atomic E-state index is 0.0411. The Bertz CT molecular complexity index is 488. The van der Waals surface area contributed by atoms with Crippen molar-refractivity contribution in [2.75, 3.05) is 27.3 Å². The van der Waals surface area contributed by atoms with Gasteiger partial charge in [-0.3, -0.25) is 4.79 Å². The van der Waals surface area contributed by atoms with Gasteiger partial charge in [-0.25, -0.2) is 4.39 Å². The molecule has 0 radical (unpaired) electrons. The molecule has 2 N–H and O–H groups in total. The number of carbonyl (C=O) groups is 1. The summed E-state index contributed by atoms with van der Waals surface area (Å²) in [6, 6.07) is 2.77. The lowest BCUT2D eigenvalue weighted by Gasteiger charge is -2.13. The highest BCUT2D eigenvalue weighted by molar-refractivity contribution is 5.95. The molecule has 0 bridgehead atoms. The number of amides is 1. The van der Waals surface area contributed by atoms with Crippen molar-refractivity contribution in [2.24, 2.45) is 0 Å². The smallest absolute Gasteiger partial charge is 0.254 e. The van der Waals surface area contributed by atoms with Gasteiger partial charge in [0.15, 0.2) is 11.5 Å². The van der Waals surface area contributed by atoms with Crippen LogP contribution in [0.4, 0.5) is 4.39 Å². The third-order valence-electron chi connectivity index (χ3n) is 3.39. The first-order chi connectivity index (χ1) is 9.65. The van der Waals surface area contributed by atoms with Gasteiger partial charge < -0.3 is 20.1 Å². The lowest BCUT2D eigenvalue weighted by atomic mass is 10.1. The van der Waals surface area contributed by atoms with E-state index in [4.69, 9.17) is 9.47 Å². The zero-order valence-corrected chi connectivity index (χ0v) is 11.7. The average Bonchev–Trinajstić information content (AvgIpc) is 2.97. The molecule has 1 amide bonds. The maximum Gasteiger partial charge on any atom is 0.254 e. The molecular formula is C14H19FN2O3. The summed E-state index contributed by atoms with van der Waals surface area (Å²) >= 11 is 0. The summed E-state index contributed by atoms with van der Waals surface area (Å²) in [5, 5.41) is 6.00. The molecule has 0 aromatic heterocycles. The molecule has 1 saturated heterocycles. The second-order valence-electron chi connectivity index (χ2n) is 4.69. The van der Waals surface area contributed by atoms with E-state index in [-0.39, 0.29) is 17.4 Å². The fourth-order valence-electron chi connectivity index (χ4n) is 2.27. The zero-order chi connectivity index (χ0) is 14.5. The van der Waals surface area contributed by atoms with Gasteiger partial charge in [0.2, 0.25) is 0 Å². The maximum absolute atomic E-state index is 13.9. The van der Waals surface area contributed by atoms with Gasteiger partial charge in [-0.2, -0.15) is 0 Å². The second kappa shape index (κ2) is 6.56. The predicted molar refractivity (Wildman–Crippen MR) is 72.9 cm³/mol. The van der Waals surface area contributed by atoms with E-state index >= 15 is 0 Å². The Hall–Kier alpha value is -1.82. The van der Waals surface area contributed by atoms with Crippen molar-refractivity contribution < 1.29 is 18.7 Å². The Morgan fingerprint density at radius 1 is 1.40 bits per heavy atom. The Labute approximate surface area is 117 Å². The number of benzene rings is 1. The molecule has 1 aliphatic rings. The van der Waals surface area contributed by atoms with Crippen LogP contribution < -0.4 is 20.1 Å². The molecule has 1 aromatic carbocycles. The number of rotatable bonds is 5. The normalized spacial score (nSPS) is 17.9. The lowest BCUT2D eigenvalue weighted by Crippen LogP contribution is -2.37. The number of carbonyl (C=O) groups excluding carboxylic acids is 1. The molecule has 20 heavy (non-hydrogen) atoms. The highest BCUT2D eigenvalue weighted by Gasteiger charge is 2.19. The van der Waals surface area contributed by atoms with Crippen LogP contribution in [0, 0.1) is 5.82 Å². The van der Waals surface area contributed by atoms with Crippen LogP contribution in [0.15, 0.2) is 12.1 Å². The Morgan fingerprint density at radius 3 is 2.70 bits per heavy atom. The third-order valence-corrected chi connectivity index (χ3v) is 3.39. The van der Waals surface area contributed by atoms with E-state index in [1.54, 1.807) is 0 Å². The van der Waals surface area contributed by atoms with Crippen LogP contribution in [-0.2, 0) is 0 Å². The van der Waals surface area contributed by atoms with Crippen LogP contribution in [0.25, 0.3) is 0 Å². The Morgan fingerprint density at radius 2 is 2.10 bits per heavy atom. The number of ether oxygens (including phenoxy) is 2. The highest BCUT2D eigenvalue weighted by atomic mass is 19.1. The average molecular weight is 282 g/mol. The SMILES string of the molecule is COc1cc(F)c(C(=O)NCC2CCCN2)cc1OC. The fraction of sp³-hybridized carbons (Fsp3) is 0.500.